The van der Waals surface area contributed by atoms with Gasteiger partial charge in [-0.2, -0.15) is 13.2 Å². The minimum atomic E-state index is -4.19. The fourth-order valence-electron chi connectivity index (χ4n) is 2.26. The van der Waals surface area contributed by atoms with Gasteiger partial charge in [-0.15, -0.1) is 0 Å². The van der Waals surface area contributed by atoms with E-state index in [9.17, 15) is 13.2 Å². The van der Waals surface area contributed by atoms with Gasteiger partial charge in [-0.05, 0) is 23.8 Å². The van der Waals surface area contributed by atoms with Crippen molar-refractivity contribution in [2.24, 2.45) is 0 Å². The lowest BCUT2D eigenvalue weighted by molar-refractivity contribution is -0.134. The zero-order valence-corrected chi connectivity index (χ0v) is 11.8. The molecule has 0 spiro atoms. The molecule has 0 saturated heterocycles. The summed E-state index contributed by atoms with van der Waals surface area (Å²) in [5.41, 5.74) is 2.02. The summed E-state index contributed by atoms with van der Waals surface area (Å²) in [6, 6.07) is 12.6. The molecule has 1 aromatic heterocycles. The van der Waals surface area contributed by atoms with Gasteiger partial charge in [-0.1, -0.05) is 40.2 Å². The van der Waals surface area contributed by atoms with E-state index in [1.54, 1.807) is 18.2 Å². The first-order valence-electron chi connectivity index (χ1n) is 6.06. The molecule has 20 heavy (non-hydrogen) atoms. The molecule has 1 atom stereocenters. The number of furan rings is 1. The van der Waals surface area contributed by atoms with Gasteiger partial charge in [0.05, 0.1) is 6.42 Å². The number of hydrogen-bond donors (Lipinski definition) is 0. The van der Waals surface area contributed by atoms with Crippen molar-refractivity contribution in [3.63, 3.8) is 0 Å². The lowest BCUT2D eigenvalue weighted by atomic mass is 10.1. The van der Waals surface area contributed by atoms with Crippen LogP contribution in [0, 0.1) is 0 Å². The fraction of sp³-hybridized carbons (Fsp3) is 0.200. The molecule has 0 bridgehead atoms. The average Bonchev–Trinajstić information content (AvgIpc) is 2.74. The van der Waals surface area contributed by atoms with Crippen LogP contribution in [0.3, 0.4) is 0 Å². The van der Waals surface area contributed by atoms with Gasteiger partial charge >= 0.3 is 6.18 Å². The van der Waals surface area contributed by atoms with E-state index in [4.69, 9.17) is 4.42 Å². The quantitative estimate of drug-likeness (QED) is 0.522. The highest BCUT2D eigenvalue weighted by Gasteiger charge is 2.31. The number of rotatable bonds is 2. The summed E-state index contributed by atoms with van der Waals surface area (Å²) in [4.78, 5) is -0.749. The molecule has 2 aromatic carbocycles. The smallest absolute Gasteiger partial charge is 0.390 e. The molecule has 0 aliphatic heterocycles. The number of halogens is 4. The first-order valence-corrected chi connectivity index (χ1v) is 6.97. The lowest BCUT2D eigenvalue weighted by Gasteiger charge is -2.12. The number of fused-ring (bicyclic) bond motifs is 3. The van der Waals surface area contributed by atoms with Crippen LogP contribution in [0.25, 0.3) is 21.9 Å². The summed E-state index contributed by atoms with van der Waals surface area (Å²) < 4.78 is 43.0. The molecule has 5 heteroatoms. The highest BCUT2D eigenvalue weighted by atomic mass is 79.9. The summed E-state index contributed by atoms with van der Waals surface area (Å²) in [6.07, 6.45) is -5.09. The molecule has 0 amide bonds. The Bertz CT molecular complexity index is 760. The van der Waals surface area contributed by atoms with Crippen LogP contribution in [0.15, 0.2) is 46.9 Å². The fourth-order valence-corrected chi connectivity index (χ4v) is 2.91. The van der Waals surface area contributed by atoms with E-state index < -0.39 is 17.4 Å². The van der Waals surface area contributed by atoms with Gasteiger partial charge in [0.25, 0.3) is 0 Å². The Labute approximate surface area is 121 Å². The van der Waals surface area contributed by atoms with Crippen LogP contribution >= 0.6 is 15.9 Å². The van der Waals surface area contributed by atoms with Crippen LogP contribution in [0.5, 0.6) is 0 Å². The zero-order chi connectivity index (χ0) is 14.3. The molecule has 104 valence electrons. The second-order valence-corrected chi connectivity index (χ2v) is 5.75. The zero-order valence-electron chi connectivity index (χ0n) is 10.2. The van der Waals surface area contributed by atoms with Crippen molar-refractivity contribution in [2.75, 3.05) is 0 Å². The van der Waals surface area contributed by atoms with Crippen molar-refractivity contribution in [3.8, 4) is 0 Å². The van der Waals surface area contributed by atoms with Crippen molar-refractivity contribution < 1.29 is 17.6 Å². The maximum absolute atomic E-state index is 12.5. The number of benzene rings is 2. The van der Waals surface area contributed by atoms with Crippen LogP contribution < -0.4 is 0 Å². The molecule has 3 aromatic rings. The van der Waals surface area contributed by atoms with Crippen LogP contribution in [0.2, 0.25) is 0 Å². The molecule has 0 fully saturated rings. The third kappa shape index (κ3) is 2.54. The Hall–Kier alpha value is -1.49. The second-order valence-electron chi connectivity index (χ2n) is 4.64. The number of hydrogen-bond acceptors (Lipinski definition) is 1. The molecule has 0 aliphatic rings. The first kappa shape index (κ1) is 13.5. The summed E-state index contributed by atoms with van der Waals surface area (Å²) in [5.74, 6) is 0. The van der Waals surface area contributed by atoms with Crippen molar-refractivity contribution in [1.29, 1.82) is 0 Å². The normalized spacial score (nSPS) is 14.0. The standard InChI is InChI=1S/C15H10BrF3O/c16-12(8-15(17,18)19)9-5-6-14-11(7-9)10-3-1-2-4-13(10)20-14/h1-7,12H,8H2. The van der Waals surface area contributed by atoms with E-state index in [0.29, 0.717) is 11.1 Å². The van der Waals surface area contributed by atoms with Gasteiger partial charge in [-0.3, -0.25) is 0 Å². The maximum Gasteiger partial charge on any atom is 0.390 e. The van der Waals surface area contributed by atoms with E-state index >= 15 is 0 Å². The van der Waals surface area contributed by atoms with Crippen LogP contribution in [0.1, 0.15) is 16.8 Å². The Kier molecular flexibility index (Phi) is 3.24. The van der Waals surface area contributed by atoms with E-state index in [-0.39, 0.29) is 0 Å². The first-order chi connectivity index (χ1) is 9.44. The highest BCUT2D eigenvalue weighted by Crippen LogP contribution is 2.38. The van der Waals surface area contributed by atoms with Gasteiger partial charge in [0.1, 0.15) is 11.2 Å². The minimum Gasteiger partial charge on any atom is -0.456 e. The largest absolute Gasteiger partial charge is 0.456 e. The maximum atomic E-state index is 12.5. The van der Waals surface area contributed by atoms with Crippen LogP contribution in [-0.4, -0.2) is 6.18 Å². The summed E-state index contributed by atoms with van der Waals surface area (Å²) in [7, 11) is 0. The van der Waals surface area contributed by atoms with E-state index in [1.165, 1.54) is 0 Å². The predicted molar refractivity (Wildman–Crippen MR) is 76.1 cm³/mol. The summed E-state index contributed by atoms with van der Waals surface area (Å²) in [6.45, 7) is 0. The van der Waals surface area contributed by atoms with Gasteiger partial charge < -0.3 is 4.42 Å². The molecular weight excluding hydrogens is 333 g/mol. The third-order valence-corrected chi connectivity index (χ3v) is 4.03. The van der Waals surface area contributed by atoms with Crippen molar-refractivity contribution in [2.45, 2.75) is 17.4 Å². The van der Waals surface area contributed by atoms with E-state index in [2.05, 4.69) is 15.9 Å². The van der Waals surface area contributed by atoms with Crippen molar-refractivity contribution >= 4 is 37.9 Å². The second kappa shape index (κ2) is 4.81. The highest BCUT2D eigenvalue weighted by molar-refractivity contribution is 9.09. The van der Waals surface area contributed by atoms with Gasteiger partial charge in [0, 0.05) is 15.6 Å². The molecule has 3 rings (SSSR count). The minimum absolute atomic E-state index is 0.598. The molecular formula is C15H10BrF3O. The van der Waals surface area contributed by atoms with Crippen LogP contribution in [0.4, 0.5) is 13.2 Å². The predicted octanol–water partition coefficient (Wildman–Crippen LogP) is 5.97. The molecule has 1 heterocycles. The molecule has 0 aliphatic carbocycles. The molecule has 1 nitrogen and oxygen atoms in total. The Morgan fingerprint density at radius 1 is 1.00 bits per heavy atom. The summed E-state index contributed by atoms with van der Waals surface area (Å²) in [5, 5.41) is 1.75. The Balaban J connectivity index is 2.07. The third-order valence-electron chi connectivity index (χ3n) is 3.17. The Morgan fingerprint density at radius 2 is 1.70 bits per heavy atom. The molecule has 1 unspecified atom stereocenters. The van der Waals surface area contributed by atoms with Crippen LogP contribution in [-0.2, 0) is 0 Å². The Morgan fingerprint density at radius 3 is 2.45 bits per heavy atom. The summed E-state index contributed by atoms with van der Waals surface area (Å²) >= 11 is 3.11. The SMILES string of the molecule is FC(F)(F)CC(Br)c1ccc2oc3ccccc3c2c1. The number of alkyl halides is 4. The number of para-hydroxylation sites is 1. The van der Waals surface area contributed by atoms with Crippen molar-refractivity contribution in [3.05, 3.63) is 48.0 Å². The van der Waals surface area contributed by atoms with Gasteiger partial charge in [0.2, 0.25) is 0 Å². The van der Waals surface area contributed by atoms with Gasteiger partial charge in [-0.25, -0.2) is 0 Å². The lowest BCUT2D eigenvalue weighted by Crippen LogP contribution is -2.10. The van der Waals surface area contributed by atoms with Crippen molar-refractivity contribution in [1.82, 2.24) is 0 Å². The molecule has 0 N–H and O–H groups in total. The monoisotopic (exact) mass is 342 g/mol. The molecule has 0 saturated carbocycles. The van der Waals surface area contributed by atoms with E-state index in [0.717, 1.165) is 16.4 Å². The average molecular weight is 343 g/mol. The van der Waals surface area contributed by atoms with Gasteiger partial charge in [0.15, 0.2) is 0 Å². The van der Waals surface area contributed by atoms with E-state index in [1.807, 2.05) is 24.3 Å². The topological polar surface area (TPSA) is 13.1 Å². The molecule has 0 radical (unpaired) electrons.